The van der Waals surface area contributed by atoms with E-state index in [0.717, 1.165) is 11.0 Å². The van der Waals surface area contributed by atoms with Gasteiger partial charge in [0.2, 0.25) is 5.91 Å². The summed E-state index contributed by atoms with van der Waals surface area (Å²) in [7, 11) is -0.545. The molecule has 6 heteroatoms. The summed E-state index contributed by atoms with van der Waals surface area (Å²) in [5.41, 5.74) is 1.64. The summed E-state index contributed by atoms with van der Waals surface area (Å²) in [6.45, 7) is 7.93. The number of rotatable bonds is 4. The molecule has 1 aliphatic rings. The van der Waals surface area contributed by atoms with Gasteiger partial charge in [0.15, 0.2) is 0 Å². The minimum Gasteiger partial charge on any atom is -0.399 e. The molecule has 0 unspecified atom stereocenters. The van der Waals surface area contributed by atoms with E-state index in [0.29, 0.717) is 11.3 Å². The third kappa shape index (κ3) is 4.05. The van der Waals surface area contributed by atoms with Gasteiger partial charge in [-0.05, 0) is 50.9 Å². The molecule has 1 N–H and O–H groups in total. The SMILES string of the molecule is CC1(C)OB(c2ccc(NC(=O)Cc3ccccc3)c(C#N)c2)OC1(C)C. The van der Waals surface area contributed by atoms with E-state index >= 15 is 0 Å². The van der Waals surface area contributed by atoms with Crippen LogP contribution in [0.2, 0.25) is 0 Å². The third-order valence-electron chi connectivity index (χ3n) is 5.17. The van der Waals surface area contributed by atoms with Crippen molar-refractivity contribution in [3.05, 3.63) is 59.7 Å². The van der Waals surface area contributed by atoms with E-state index < -0.39 is 18.3 Å². The van der Waals surface area contributed by atoms with Crippen LogP contribution < -0.4 is 10.8 Å². The van der Waals surface area contributed by atoms with Crippen LogP contribution in [-0.2, 0) is 20.5 Å². The fraction of sp³-hybridized carbons (Fsp3) is 0.333. The number of nitriles is 1. The van der Waals surface area contributed by atoms with Crippen LogP contribution in [0.4, 0.5) is 5.69 Å². The summed E-state index contributed by atoms with van der Waals surface area (Å²) in [4.78, 5) is 12.3. The number of hydrogen-bond acceptors (Lipinski definition) is 4. The van der Waals surface area contributed by atoms with Crippen molar-refractivity contribution in [1.82, 2.24) is 0 Å². The molecule has 138 valence electrons. The van der Waals surface area contributed by atoms with Gasteiger partial charge in [-0.1, -0.05) is 36.4 Å². The average Bonchev–Trinajstić information content (AvgIpc) is 2.83. The number of amides is 1. The van der Waals surface area contributed by atoms with Gasteiger partial charge in [-0.3, -0.25) is 4.79 Å². The van der Waals surface area contributed by atoms with E-state index in [-0.39, 0.29) is 12.3 Å². The smallest absolute Gasteiger partial charge is 0.399 e. The fourth-order valence-corrected chi connectivity index (χ4v) is 2.86. The van der Waals surface area contributed by atoms with Gasteiger partial charge in [-0.15, -0.1) is 0 Å². The number of carbonyl (C=O) groups excluding carboxylic acids is 1. The molecule has 0 atom stereocenters. The highest BCUT2D eigenvalue weighted by molar-refractivity contribution is 6.62. The van der Waals surface area contributed by atoms with Crippen LogP contribution in [0.1, 0.15) is 38.8 Å². The molecule has 5 nitrogen and oxygen atoms in total. The molecule has 0 aliphatic carbocycles. The van der Waals surface area contributed by atoms with E-state index in [2.05, 4.69) is 11.4 Å². The molecule has 3 rings (SSSR count). The Balaban J connectivity index is 1.76. The Morgan fingerprint density at radius 1 is 1.07 bits per heavy atom. The summed E-state index contributed by atoms with van der Waals surface area (Å²) >= 11 is 0. The highest BCUT2D eigenvalue weighted by Crippen LogP contribution is 2.36. The topological polar surface area (TPSA) is 71.3 Å². The summed E-state index contributed by atoms with van der Waals surface area (Å²) in [6.07, 6.45) is 0.255. The molecule has 0 spiro atoms. The predicted octanol–water partition coefficient (Wildman–Crippen LogP) is 3.04. The molecule has 1 heterocycles. The Kier molecular flexibility index (Phi) is 5.10. The lowest BCUT2D eigenvalue weighted by Crippen LogP contribution is -2.41. The molecule has 1 aliphatic heterocycles. The van der Waals surface area contributed by atoms with Crippen molar-refractivity contribution in [2.45, 2.75) is 45.3 Å². The van der Waals surface area contributed by atoms with Gasteiger partial charge in [0.1, 0.15) is 6.07 Å². The van der Waals surface area contributed by atoms with Crippen molar-refractivity contribution < 1.29 is 14.1 Å². The normalized spacial score (nSPS) is 17.4. The standard InChI is InChI=1S/C21H23BN2O3/c1-20(2)21(3,4)27-22(26-20)17-10-11-18(16(13-17)14-23)24-19(25)12-15-8-6-5-7-9-15/h5-11,13H,12H2,1-4H3,(H,24,25). The molecule has 27 heavy (non-hydrogen) atoms. The van der Waals surface area contributed by atoms with Crippen molar-refractivity contribution in [3.8, 4) is 6.07 Å². The molecule has 2 aromatic carbocycles. The third-order valence-corrected chi connectivity index (χ3v) is 5.17. The van der Waals surface area contributed by atoms with Crippen molar-refractivity contribution in [1.29, 1.82) is 5.26 Å². The number of anilines is 1. The van der Waals surface area contributed by atoms with Gasteiger partial charge in [0.25, 0.3) is 0 Å². The van der Waals surface area contributed by atoms with Gasteiger partial charge in [0.05, 0.1) is 28.9 Å². The van der Waals surface area contributed by atoms with E-state index in [4.69, 9.17) is 9.31 Å². The molecule has 1 saturated heterocycles. The zero-order chi connectivity index (χ0) is 19.7. The van der Waals surface area contributed by atoms with Crippen LogP contribution in [0.25, 0.3) is 0 Å². The first-order chi connectivity index (χ1) is 12.7. The second-order valence-electron chi connectivity index (χ2n) is 7.72. The van der Waals surface area contributed by atoms with Gasteiger partial charge in [-0.25, -0.2) is 0 Å². The highest BCUT2D eigenvalue weighted by atomic mass is 16.7. The molecule has 0 radical (unpaired) electrons. The van der Waals surface area contributed by atoms with Crippen molar-refractivity contribution in [3.63, 3.8) is 0 Å². The summed E-state index contributed by atoms with van der Waals surface area (Å²) in [5.74, 6) is -0.166. The van der Waals surface area contributed by atoms with Crippen molar-refractivity contribution in [2.75, 3.05) is 5.32 Å². The molecule has 2 aromatic rings. The van der Waals surface area contributed by atoms with Crippen LogP contribution >= 0.6 is 0 Å². The largest absolute Gasteiger partial charge is 0.494 e. The lowest BCUT2D eigenvalue weighted by Gasteiger charge is -2.32. The fourth-order valence-electron chi connectivity index (χ4n) is 2.86. The van der Waals surface area contributed by atoms with Gasteiger partial charge in [-0.2, -0.15) is 5.26 Å². The quantitative estimate of drug-likeness (QED) is 0.849. The van der Waals surface area contributed by atoms with Crippen LogP contribution in [0.5, 0.6) is 0 Å². The number of carbonyl (C=O) groups is 1. The van der Waals surface area contributed by atoms with Crippen LogP contribution in [0, 0.1) is 11.3 Å². The van der Waals surface area contributed by atoms with Crippen LogP contribution in [0.3, 0.4) is 0 Å². The summed E-state index contributed by atoms with van der Waals surface area (Å²) in [5, 5.41) is 12.3. The maximum Gasteiger partial charge on any atom is 0.494 e. The van der Waals surface area contributed by atoms with E-state index in [1.807, 2.05) is 64.1 Å². The average molecular weight is 362 g/mol. The number of benzene rings is 2. The zero-order valence-corrected chi connectivity index (χ0v) is 16.1. The van der Waals surface area contributed by atoms with E-state index in [1.54, 1.807) is 12.1 Å². The Hall–Kier alpha value is -2.62. The molecule has 0 bridgehead atoms. The number of hydrogen-bond donors (Lipinski definition) is 1. The van der Waals surface area contributed by atoms with Crippen molar-refractivity contribution >= 4 is 24.2 Å². The monoisotopic (exact) mass is 362 g/mol. The second kappa shape index (κ2) is 7.18. The molecule has 1 amide bonds. The molecule has 0 saturated carbocycles. The van der Waals surface area contributed by atoms with Gasteiger partial charge < -0.3 is 14.6 Å². The first-order valence-electron chi connectivity index (χ1n) is 8.95. The van der Waals surface area contributed by atoms with Gasteiger partial charge in [0, 0.05) is 0 Å². The van der Waals surface area contributed by atoms with Crippen molar-refractivity contribution in [2.24, 2.45) is 0 Å². The van der Waals surface area contributed by atoms with Crippen LogP contribution in [-0.4, -0.2) is 24.2 Å². The minimum atomic E-state index is -0.545. The molecule has 1 fully saturated rings. The molecular formula is C21H23BN2O3. The lowest BCUT2D eigenvalue weighted by atomic mass is 9.78. The molecular weight excluding hydrogens is 339 g/mol. The van der Waals surface area contributed by atoms with E-state index in [1.165, 1.54) is 0 Å². The Labute approximate surface area is 160 Å². The number of nitrogens with one attached hydrogen (secondary N) is 1. The number of nitrogens with zero attached hydrogens (tertiary/aromatic N) is 1. The first-order valence-corrected chi connectivity index (χ1v) is 8.95. The first kappa shape index (κ1) is 19.2. The lowest BCUT2D eigenvalue weighted by molar-refractivity contribution is -0.115. The minimum absolute atomic E-state index is 0.166. The summed E-state index contributed by atoms with van der Waals surface area (Å²) < 4.78 is 12.1. The Bertz CT molecular complexity index is 872. The second-order valence-corrected chi connectivity index (χ2v) is 7.72. The predicted molar refractivity (Wildman–Crippen MR) is 106 cm³/mol. The van der Waals surface area contributed by atoms with E-state index in [9.17, 15) is 10.1 Å². The molecule has 0 aromatic heterocycles. The Morgan fingerprint density at radius 2 is 1.70 bits per heavy atom. The Morgan fingerprint density at radius 3 is 2.30 bits per heavy atom. The maximum atomic E-state index is 12.3. The van der Waals surface area contributed by atoms with Gasteiger partial charge >= 0.3 is 7.12 Å². The highest BCUT2D eigenvalue weighted by Gasteiger charge is 2.51. The zero-order valence-electron chi connectivity index (χ0n) is 16.1. The summed E-state index contributed by atoms with van der Waals surface area (Å²) in [6, 6.07) is 16.9. The van der Waals surface area contributed by atoms with Crippen LogP contribution in [0.15, 0.2) is 48.5 Å². The maximum absolute atomic E-state index is 12.3.